The molecule has 0 radical (unpaired) electrons. The topological polar surface area (TPSA) is 61.8 Å². The highest BCUT2D eigenvalue weighted by atomic mass is 16.5. The Labute approximate surface area is 124 Å². The Hall–Kier alpha value is -2.30. The van der Waals surface area contributed by atoms with Gasteiger partial charge in [-0.3, -0.25) is 4.79 Å². The normalized spacial score (nSPS) is 10.4. The molecule has 1 aromatic rings. The van der Waals surface area contributed by atoms with Crippen LogP contribution in [0.1, 0.15) is 30.1 Å². The van der Waals surface area contributed by atoms with Crippen molar-refractivity contribution < 1.29 is 23.8 Å². The second kappa shape index (κ2) is 9.58. The number of unbranched alkanes of at least 4 members (excludes halogenated alkanes) is 1. The molecule has 0 spiro atoms. The molecule has 114 valence electrons. The van der Waals surface area contributed by atoms with E-state index in [2.05, 4.69) is 0 Å². The maximum Gasteiger partial charge on any atom is 0.341 e. The van der Waals surface area contributed by atoms with Crippen LogP contribution in [0, 0.1) is 0 Å². The summed E-state index contributed by atoms with van der Waals surface area (Å²) < 4.78 is 15.0. The highest BCUT2D eigenvalue weighted by Gasteiger charge is 2.12. The van der Waals surface area contributed by atoms with Crippen molar-refractivity contribution >= 4 is 11.9 Å². The van der Waals surface area contributed by atoms with E-state index in [1.807, 2.05) is 6.08 Å². The van der Waals surface area contributed by atoms with Crippen molar-refractivity contribution in [3.8, 4) is 5.75 Å². The van der Waals surface area contributed by atoms with Gasteiger partial charge < -0.3 is 14.2 Å². The predicted octanol–water partition coefficient (Wildman–Crippen LogP) is 2.75. The van der Waals surface area contributed by atoms with Crippen molar-refractivity contribution in [3.05, 3.63) is 42.0 Å². The van der Waals surface area contributed by atoms with Gasteiger partial charge in [-0.25, -0.2) is 4.79 Å². The number of esters is 2. The van der Waals surface area contributed by atoms with Crippen LogP contribution in [0.3, 0.4) is 0 Å². The smallest absolute Gasteiger partial charge is 0.341 e. The minimum absolute atomic E-state index is 0.274. The molecule has 0 heterocycles. The van der Waals surface area contributed by atoms with Gasteiger partial charge in [0, 0.05) is 6.92 Å². The van der Waals surface area contributed by atoms with Gasteiger partial charge in [0.05, 0.1) is 13.7 Å². The molecule has 0 fully saturated rings. The number of rotatable bonds is 8. The van der Waals surface area contributed by atoms with E-state index in [0.29, 0.717) is 24.3 Å². The minimum Gasteiger partial charge on any atom is -0.496 e. The van der Waals surface area contributed by atoms with Crippen LogP contribution < -0.4 is 4.74 Å². The predicted molar refractivity (Wildman–Crippen MR) is 78.3 cm³/mol. The van der Waals surface area contributed by atoms with Gasteiger partial charge in [-0.05, 0) is 25.0 Å². The average molecular weight is 292 g/mol. The Balaban J connectivity index is 2.23. The van der Waals surface area contributed by atoms with Gasteiger partial charge in [-0.15, -0.1) is 0 Å². The molecule has 0 aromatic heterocycles. The fraction of sp³-hybridized carbons (Fsp3) is 0.375. The largest absolute Gasteiger partial charge is 0.496 e. The van der Waals surface area contributed by atoms with Crippen LogP contribution >= 0.6 is 0 Å². The van der Waals surface area contributed by atoms with E-state index in [0.717, 1.165) is 6.42 Å². The van der Waals surface area contributed by atoms with Crippen molar-refractivity contribution in [2.75, 3.05) is 20.3 Å². The monoisotopic (exact) mass is 292 g/mol. The fourth-order valence-electron chi connectivity index (χ4n) is 1.61. The molecule has 0 unspecified atom stereocenters. The summed E-state index contributed by atoms with van der Waals surface area (Å²) >= 11 is 0. The van der Waals surface area contributed by atoms with Crippen molar-refractivity contribution in [1.29, 1.82) is 0 Å². The second-order valence-electron chi connectivity index (χ2n) is 4.25. The number of ether oxygens (including phenoxy) is 3. The van der Waals surface area contributed by atoms with Crippen molar-refractivity contribution in [3.63, 3.8) is 0 Å². The zero-order chi connectivity index (χ0) is 15.5. The number of allylic oxidation sites excluding steroid dienone is 1. The van der Waals surface area contributed by atoms with E-state index in [1.54, 1.807) is 30.3 Å². The lowest BCUT2D eigenvalue weighted by molar-refractivity contribution is -0.139. The number of carbonyl (C=O) groups is 2. The summed E-state index contributed by atoms with van der Waals surface area (Å²) in [6.07, 6.45) is 5.11. The Morgan fingerprint density at radius 1 is 1.14 bits per heavy atom. The van der Waals surface area contributed by atoms with Gasteiger partial charge in [0.1, 0.15) is 17.9 Å². The molecule has 5 heteroatoms. The molecule has 0 aliphatic rings. The molecule has 0 N–H and O–H groups in total. The second-order valence-corrected chi connectivity index (χ2v) is 4.25. The number of para-hydroxylation sites is 1. The number of benzene rings is 1. The molecule has 0 saturated heterocycles. The van der Waals surface area contributed by atoms with Gasteiger partial charge in [-0.2, -0.15) is 0 Å². The number of hydrogen-bond acceptors (Lipinski definition) is 5. The maximum atomic E-state index is 11.9. The van der Waals surface area contributed by atoms with Crippen LogP contribution in [0.4, 0.5) is 0 Å². The number of carbonyl (C=O) groups excluding carboxylic acids is 2. The van der Waals surface area contributed by atoms with Crippen LogP contribution in [0.15, 0.2) is 36.4 Å². The Kier molecular flexibility index (Phi) is 7.64. The minimum atomic E-state index is -0.392. The molecule has 1 rings (SSSR count). The number of methoxy groups -OCH3 is 1. The number of hydrogen-bond donors (Lipinski definition) is 0. The summed E-state index contributed by atoms with van der Waals surface area (Å²) in [6, 6.07) is 6.94. The molecule has 0 aliphatic heterocycles. The summed E-state index contributed by atoms with van der Waals surface area (Å²) in [5.41, 5.74) is 0.422. The Bertz CT molecular complexity index is 493. The SMILES string of the molecule is COc1ccccc1C(=O)OCCC/C=C/COC(C)=O. The summed E-state index contributed by atoms with van der Waals surface area (Å²) in [5.74, 6) is -0.189. The summed E-state index contributed by atoms with van der Waals surface area (Å²) in [6.45, 7) is 1.97. The first-order valence-corrected chi connectivity index (χ1v) is 6.73. The maximum absolute atomic E-state index is 11.9. The quantitative estimate of drug-likeness (QED) is 0.419. The van der Waals surface area contributed by atoms with E-state index in [9.17, 15) is 9.59 Å². The third-order valence-corrected chi connectivity index (χ3v) is 2.62. The standard InChI is InChI=1S/C16H20O5/c1-13(17)20-11-7-3-4-8-12-21-16(18)14-9-5-6-10-15(14)19-2/h3,5-7,9-10H,4,8,11-12H2,1-2H3/b7-3+. The van der Waals surface area contributed by atoms with Gasteiger partial charge in [0.2, 0.25) is 0 Å². The third kappa shape index (κ3) is 6.61. The molecule has 0 bridgehead atoms. The molecule has 21 heavy (non-hydrogen) atoms. The van der Waals surface area contributed by atoms with Crippen LogP contribution in [0.5, 0.6) is 5.75 Å². The van der Waals surface area contributed by atoms with Gasteiger partial charge in [0.15, 0.2) is 0 Å². The van der Waals surface area contributed by atoms with Crippen molar-refractivity contribution in [2.45, 2.75) is 19.8 Å². The molecule has 0 atom stereocenters. The lowest BCUT2D eigenvalue weighted by Crippen LogP contribution is -2.07. The van der Waals surface area contributed by atoms with E-state index in [4.69, 9.17) is 14.2 Å². The van der Waals surface area contributed by atoms with Crippen molar-refractivity contribution in [2.24, 2.45) is 0 Å². The first-order valence-electron chi connectivity index (χ1n) is 6.73. The molecule has 1 aromatic carbocycles. The highest BCUT2D eigenvalue weighted by Crippen LogP contribution is 2.18. The Morgan fingerprint density at radius 2 is 1.90 bits per heavy atom. The zero-order valence-electron chi connectivity index (χ0n) is 12.3. The lowest BCUT2D eigenvalue weighted by Gasteiger charge is -2.07. The first-order chi connectivity index (χ1) is 10.1. The van der Waals surface area contributed by atoms with Gasteiger partial charge in [-0.1, -0.05) is 24.3 Å². The van der Waals surface area contributed by atoms with Crippen LogP contribution in [0.2, 0.25) is 0 Å². The van der Waals surface area contributed by atoms with E-state index < -0.39 is 5.97 Å². The van der Waals surface area contributed by atoms with E-state index in [1.165, 1.54) is 14.0 Å². The molecule has 5 nitrogen and oxygen atoms in total. The first kappa shape index (κ1) is 16.8. The van der Waals surface area contributed by atoms with Crippen LogP contribution in [-0.4, -0.2) is 32.3 Å². The van der Waals surface area contributed by atoms with Crippen molar-refractivity contribution in [1.82, 2.24) is 0 Å². The van der Waals surface area contributed by atoms with E-state index in [-0.39, 0.29) is 12.6 Å². The Morgan fingerprint density at radius 3 is 2.62 bits per heavy atom. The van der Waals surface area contributed by atoms with Gasteiger partial charge in [0.25, 0.3) is 0 Å². The fourth-order valence-corrected chi connectivity index (χ4v) is 1.61. The summed E-state index contributed by atoms with van der Waals surface area (Å²) in [4.78, 5) is 22.4. The average Bonchev–Trinajstić information content (AvgIpc) is 2.49. The summed E-state index contributed by atoms with van der Waals surface area (Å²) in [5, 5.41) is 0. The van der Waals surface area contributed by atoms with Crippen LogP contribution in [0.25, 0.3) is 0 Å². The lowest BCUT2D eigenvalue weighted by atomic mass is 10.2. The molecule has 0 saturated carbocycles. The van der Waals surface area contributed by atoms with Crippen LogP contribution in [-0.2, 0) is 14.3 Å². The molecular weight excluding hydrogens is 272 g/mol. The van der Waals surface area contributed by atoms with E-state index >= 15 is 0 Å². The molecule has 0 amide bonds. The zero-order valence-corrected chi connectivity index (χ0v) is 12.3. The summed E-state index contributed by atoms with van der Waals surface area (Å²) in [7, 11) is 1.51. The molecule has 0 aliphatic carbocycles. The van der Waals surface area contributed by atoms with Gasteiger partial charge >= 0.3 is 11.9 Å². The molecular formula is C16H20O5. The third-order valence-electron chi connectivity index (χ3n) is 2.62. The highest BCUT2D eigenvalue weighted by molar-refractivity contribution is 5.92.